The number of aromatic nitrogens is 1. The minimum absolute atomic E-state index is 0.326. The summed E-state index contributed by atoms with van der Waals surface area (Å²) in [6, 6.07) is 4.85. The van der Waals surface area contributed by atoms with Gasteiger partial charge in [-0.2, -0.15) is 0 Å². The van der Waals surface area contributed by atoms with Gasteiger partial charge in [0.05, 0.1) is 18.9 Å². The smallest absolute Gasteiger partial charge is 0.257 e. The van der Waals surface area contributed by atoms with E-state index in [1.54, 1.807) is 18.2 Å². The Kier molecular flexibility index (Phi) is 2.95. The molecule has 6 heteroatoms. The lowest BCUT2D eigenvalue weighted by molar-refractivity contribution is 0.102. The van der Waals surface area contributed by atoms with Gasteiger partial charge >= 0.3 is 0 Å². The molecule has 2 aromatic rings. The number of benzene rings is 1. The van der Waals surface area contributed by atoms with Crippen molar-refractivity contribution in [3.63, 3.8) is 0 Å². The third kappa shape index (κ3) is 2.36. The van der Waals surface area contributed by atoms with Crippen LogP contribution in [0.25, 0.3) is 0 Å². The first-order chi connectivity index (χ1) is 8.20. The molecule has 1 amide bonds. The molecule has 0 aliphatic carbocycles. The lowest BCUT2D eigenvalue weighted by Gasteiger charge is -2.07. The maximum atomic E-state index is 11.8. The van der Waals surface area contributed by atoms with Gasteiger partial charge < -0.3 is 20.3 Å². The van der Waals surface area contributed by atoms with Crippen LogP contribution in [0.15, 0.2) is 35.2 Å². The van der Waals surface area contributed by atoms with Crippen LogP contribution in [0.2, 0.25) is 0 Å². The fourth-order valence-electron chi connectivity index (χ4n) is 1.34. The number of ether oxygens (including phenoxy) is 1. The van der Waals surface area contributed by atoms with Crippen LogP contribution in [0.3, 0.4) is 0 Å². The predicted octanol–water partition coefficient (Wildman–Crippen LogP) is 1.52. The zero-order valence-corrected chi connectivity index (χ0v) is 9.14. The normalized spacial score (nSPS) is 9.94. The molecule has 17 heavy (non-hydrogen) atoms. The van der Waals surface area contributed by atoms with E-state index in [-0.39, 0.29) is 5.91 Å². The molecule has 6 nitrogen and oxygen atoms in total. The van der Waals surface area contributed by atoms with E-state index < -0.39 is 0 Å². The zero-order chi connectivity index (χ0) is 12.3. The van der Waals surface area contributed by atoms with Crippen molar-refractivity contribution < 1.29 is 14.1 Å². The highest BCUT2D eigenvalue weighted by Crippen LogP contribution is 2.20. The third-order valence-electron chi connectivity index (χ3n) is 2.19. The molecule has 0 spiro atoms. The number of nitrogens with zero attached hydrogens (tertiary/aromatic N) is 1. The van der Waals surface area contributed by atoms with Gasteiger partial charge in [-0.15, -0.1) is 0 Å². The summed E-state index contributed by atoms with van der Waals surface area (Å²) in [5.74, 6) is 0.275. The SMILES string of the molecule is COc1ccc(C(=O)Nc2cnoc2)c(N)c1. The number of nitrogens with two attached hydrogens (primary N) is 1. The number of hydrogen-bond acceptors (Lipinski definition) is 5. The van der Waals surface area contributed by atoms with E-state index in [2.05, 4.69) is 15.0 Å². The summed E-state index contributed by atoms with van der Waals surface area (Å²) in [7, 11) is 1.53. The van der Waals surface area contributed by atoms with E-state index in [0.717, 1.165) is 0 Å². The largest absolute Gasteiger partial charge is 0.497 e. The molecule has 88 valence electrons. The Bertz CT molecular complexity index is 523. The van der Waals surface area contributed by atoms with Gasteiger partial charge in [0.25, 0.3) is 5.91 Å². The summed E-state index contributed by atoms with van der Waals surface area (Å²) >= 11 is 0. The van der Waals surface area contributed by atoms with Crippen LogP contribution in [0.1, 0.15) is 10.4 Å². The molecule has 1 aromatic heterocycles. The van der Waals surface area contributed by atoms with Crippen molar-refractivity contribution in [2.24, 2.45) is 0 Å². The number of hydrogen-bond donors (Lipinski definition) is 2. The molecule has 0 bridgehead atoms. The summed E-state index contributed by atoms with van der Waals surface area (Å²) in [6.07, 6.45) is 2.73. The van der Waals surface area contributed by atoms with Crippen LogP contribution in [0.4, 0.5) is 11.4 Å². The molecule has 0 unspecified atom stereocenters. The number of rotatable bonds is 3. The van der Waals surface area contributed by atoms with Gasteiger partial charge in [-0.25, -0.2) is 0 Å². The topological polar surface area (TPSA) is 90.4 Å². The second-order valence-corrected chi connectivity index (χ2v) is 3.32. The maximum absolute atomic E-state index is 11.8. The summed E-state index contributed by atoms with van der Waals surface area (Å²) in [5, 5.41) is 6.08. The van der Waals surface area contributed by atoms with Gasteiger partial charge in [0.2, 0.25) is 0 Å². The lowest BCUT2D eigenvalue weighted by Crippen LogP contribution is -2.13. The first-order valence-electron chi connectivity index (χ1n) is 4.85. The van der Waals surface area contributed by atoms with E-state index in [1.165, 1.54) is 19.6 Å². The monoisotopic (exact) mass is 233 g/mol. The van der Waals surface area contributed by atoms with E-state index >= 15 is 0 Å². The highest BCUT2D eigenvalue weighted by molar-refractivity contribution is 6.07. The molecule has 0 saturated carbocycles. The number of anilines is 2. The fourth-order valence-corrected chi connectivity index (χ4v) is 1.34. The van der Waals surface area contributed by atoms with Crippen molar-refractivity contribution in [3.05, 3.63) is 36.2 Å². The van der Waals surface area contributed by atoms with Crippen LogP contribution in [-0.4, -0.2) is 18.2 Å². The van der Waals surface area contributed by atoms with Crippen molar-refractivity contribution in [2.75, 3.05) is 18.2 Å². The van der Waals surface area contributed by atoms with Crippen LogP contribution >= 0.6 is 0 Å². The average molecular weight is 233 g/mol. The van der Waals surface area contributed by atoms with Crippen molar-refractivity contribution in [2.45, 2.75) is 0 Å². The van der Waals surface area contributed by atoms with Crippen molar-refractivity contribution in [1.82, 2.24) is 5.16 Å². The van der Waals surface area contributed by atoms with Gasteiger partial charge in [-0.1, -0.05) is 5.16 Å². The number of methoxy groups -OCH3 is 1. The number of amides is 1. The van der Waals surface area contributed by atoms with Crippen molar-refractivity contribution in [1.29, 1.82) is 0 Å². The van der Waals surface area contributed by atoms with E-state index in [0.29, 0.717) is 22.7 Å². The van der Waals surface area contributed by atoms with E-state index in [4.69, 9.17) is 10.5 Å². The van der Waals surface area contributed by atoms with Crippen LogP contribution in [-0.2, 0) is 0 Å². The Hall–Kier alpha value is -2.50. The number of carbonyl (C=O) groups excluding carboxylic acids is 1. The lowest BCUT2D eigenvalue weighted by atomic mass is 10.1. The second kappa shape index (κ2) is 4.56. The molecule has 0 saturated heterocycles. The molecule has 3 N–H and O–H groups in total. The van der Waals surface area contributed by atoms with E-state index in [9.17, 15) is 4.79 Å². The van der Waals surface area contributed by atoms with Crippen molar-refractivity contribution in [3.8, 4) is 5.75 Å². The van der Waals surface area contributed by atoms with Crippen LogP contribution < -0.4 is 15.8 Å². The first kappa shape index (κ1) is 11.0. The number of carbonyl (C=O) groups is 1. The third-order valence-corrected chi connectivity index (χ3v) is 2.19. The Labute approximate surface area is 97.3 Å². The summed E-state index contributed by atoms with van der Waals surface area (Å²) in [5.41, 5.74) is 6.94. The van der Waals surface area contributed by atoms with Gasteiger partial charge in [0.1, 0.15) is 17.7 Å². The summed E-state index contributed by atoms with van der Waals surface area (Å²) in [4.78, 5) is 11.8. The van der Waals surface area contributed by atoms with Gasteiger partial charge in [0.15, 0.2) is 0 Å². The standard InChI is InChI=1S/C11H11N3O3/c1-16-8-2-3-9(10(12)4-8)11(15)14-7-5-13-17-6-7/h2-6H,12H2,1H3,(H,14,15). The van der Waals surface area contributed by atoms with Crippen molar-refractivity contribution >= 4 is 17.3 Å². The second-order valence-electron chi connectivity index (χ2n) is 3.32. The molecular formula is C11H11N3O3. The van der Waals surface area contributed by atoms with E-state index in [1.807, 2.05) is 0 Å². The Morgan fingerprint density at radius 3 is 2.94 bits per heavy atom. The fraction of sp³-hybridized carbons (Fsp3) is 0.0909. The molecule has 0 atom stereocenters. The predicted molar refractivity (Wildman–Crippen MR) is 61.9 cm³/mol. The molecule has 0 aliphatic heterocycles. The first-order valence-corrected chi connectivity index (χ1v) is 4.85. The van der Waals surface area contributed by atoms with Gasteiger partial charge in [0, 0.05) is 11.8 Å². The number of nitrogens with one attached hydrogen (secondary N) is 1. The molecule has 0 fully saturated rings. The molecule has 0 aliphatic rings. The van der Waals surface area contributed by atoms with Gasteiger partial charge in [-0.3, -0.25) is 4.79 Å². The quantitative estimate of drug-likeness (QED) is 0.784. The molecule has 1 heterocycles. The highest BCUT2D eigenvalue weighted by Gasteiger charge is 2.11. The molecule has 2 rings (SSSR count). The minimum atomic E-state index is -0.326. The van der Waals surface area contributed by atoms with Crippen LogP contribution in [0, 0.1) is 0 Å². The van der Waals surface area contributed by atoms with Crippen LogP contribution in [0.5, 0.6) is 5.75 Å². The Morgan fingerprint density at radius 2 is 2.35 bits per heavy atom. The highest BCUT2D eigenvalue weighted by atomic mass is 16.5. The molecule has 0 radical (unpaired) electrons. The Balaban J connectivity index is 2.19. The average Bonchev–Trinajstić information content (AvgIpc) is 2.81. The van der Waals surface area contributed by atoms with Gasteiger partial charge in [-0.05, 0) is 12.1 Å². The molecule has 1 aromatic carbocycles. The summed E-state index contributed by atoms with van der Waals surface area (Å²) < 4.78 is 9.60. The zero-order valence-electron chi connectivity index (χ0n) is 9.14. The Morgan fingerprint density at radius 1 is 1.53 bits per heavy atom. The number of nitrogen functional groups attached to an aromatic ring is 1. The minimum Gasteiger partial charge on any atom is -0.497 e. The molecular weight excluding hydrogens is 222 g/mol. The maximum Gasteiger partial charge on any atom is 0.257 e. The summed E-state index contributed by atoms with van der Waals surface area (Å²) in [6.45, 7) is 0.